The number of hydrogen-bond acceptors (Lipinski definition) is 6. The van der Waals surface area contributed by atoms with Crippen LogP contribution in [0.5, 0.6) is 0 Å². The van der Waals surface area contributed by atoms with E-state index >= 15 is 0 Å². The van der Waals surface area contributed by atoms with Crippen molar-refractivity contribution in [2.45, 2.75) is 0 Å². The second kappa shape index (κ2) is 9.70. The zero-order chi connectivity index (χ0) is 24.2. The summed E-state index contributed by atoms with van der Waals surface area (Å²) in [5, 5.41) is 29.3. The lowest BCUT2D eigenvalue weighted by atomic mass is 9.76. The van der Waals surface area contributed by atoms with Crippen molar-refractivity contribution in [1.82, 2.24) is 15.0 Å². The molecule has 0 amide bonds. The lowest BCUT2D eigenvalue weighted by Gasteiger charge is -2.11. The Balaban J connectivity index is 1.67. The summed E-state index contributed by atoms with van der Waals surface area (Å²) in [7, 11) is -1.79. The maximum atomic E-state index is 9.78. The smallest absolute Gasteiger partial charge is 0.423 e. The summed E-state index contributed by atoms with van der Waals surface area (Å²) >= 11 is 0. The van der Waals surface area contributed by atoms with Gasteiger partial charge in [0.1, 0.15) is 0 Å². The zero-order valence-electron chi connectivity index (χ0n) is 18.6. The first-order valence-corrected chi connectivity index (χ1v) is 11.0. The van der Waals surface area contributed by atoms with Crippen molar-refractivity contribution in [2.24, 2.45) is 0 Å². The van der Waals surface area contributed by atoms with Gasteiger partial charge in [0.25, 0.3) is 0 Å². The Kier molecular flexibility index (Phi) is 6.14. The minimum Gasteiger partial charge on any atom is -0.423 e. The molecule has 2 N–H and O–H groups in total. The van der Waals surface area contributed by atoms with E-state index in [0.29, 0.717) is 17.2 Å². The van der Waals surface area contributed by atoms with Crippen LogP contribution in [0, 0.1) is 11.3 Å². The van der Waals surface area contributed by atoms with E-state index in [2.05, 4.69) is 28.2 Å². The molecule has 1 heterocycles. The topological polar surface area (TPSA) is 103 Å². The molecule has 0 spiro atoms. The van der Waals surface area contributed by atoms with Crippen LogP contribution < -0.4 is 5.46 Å². The van der Waals surface area contributed by atoms with Crippen LogP contribution in [0.1, 0.15) is 5.56 Å². The fourth-order valence-electron chi connectivity index (χ4n) is 3.88. The summed E-state index contributed by atoms with van der Waals surface area (Å²) in [6, 6.07) is 34.4. The predicted molar refractivity (Wildman–Crippen MR) is 136 cm³/mol. The number of hydrogen-bond donors (Lipinski definition) is 2. The van der Waals surface area contributed by atoms with Gasteiger partial charge in [-0.15, -0.1) is 0 Å². The van der Waals surface area contributed by atoms with E-state index < -0.39 is 7.12 Å². The molecule has 0 bridgehead atoms. The van der Waals surface area contributed by atoms with Gasteiger partial charge in [0, 0.05) is 22.2 Å². The molecule has 0 saturated carbocycles. The lowest BCUT2D eigenvalue weighted by Crippen LogP contribution is -2.32. The summed E-state index contributed by atoms with van der Waals surface area (Å²) in [6.07, 6.45) is 0. The standard InChI is InChI=1S/C28H19BN4O2/c30-18-24-23(12-7-13-25(24)29(34)35)28-32-26(21-10-5-2-6-11-21)31-27(33-28)22-16-14-20(15-17-22)19-8-3-1-4-9-19/h1-17,34-35H. The molecule has 5 rings (SSSR count). The van der Waals surface area contributed by atoms with Gasteiger partial charge in [-0.05, 0) is 17.2 Å². The molecule has 1 aromatic heterocycles. The van der Waals surface area contributed by atoms with Crippen molar-refractivity contribution in [3.05, 3.63) is 109 Å². The summed E-state index contributed by atoms with van der Waals surface area (Å²) < 4.78 is 0. The molecule has 0 aliphatic rings. The molecule has 4 aromatic carbocycles. The molecule has 0 aliphatic heterocycles. The second-order valence-electron chi connectivity index (χ2n) is 7.87. The highest BCUT2D eigenvalue weighted by Crippen LogP contribution is 2.27. The van der Waals surface area contributed by atoms with Gasteiger partial charge in [-0.2, -0.15) is 5.26 Å². The number of aromatic nitrogens is 3. The third kappa shape index (κ3) is 4.57. The minimum absolute atomic E-state index is 0.0976. The van der Waals surface area contributed by atoms with Crippen molar-refractivity contribution in [3.63, 3.8) is 0 Å². The SMILES string of the molecule is N#Cc1c(B(O)O)cccc1-c1nc(-c2ccccc2)nc(-c2ccc(-c3ccccc3)cc2)n1. The van der Waals surface area contributed by atoms with Crippen LogP contribution >= 0.6 is 0 Å². The molecule has 0 saturated heterocycles. The van der Waals surface area contributed by atoms with Gasteiger partial charge in [-0.1, -0.05) is 97.1 Å². The monoisotopic (exact) mass is 454 g/mol. The van der Waals surface area contributed by atoms with E-state index in [1.54, 1.807) is 12.1 Å². The third-order valence-corrected chi connectivity index (χ3v) is 5.65. The lowest BCUT2D eigenvalue weighted by molar-refractivity contribution is 0.425. The number of benzene rings is 4. The van der Waals surface area contributed by atoms with Crippen molar-refractivity contribution in [2.75, 3.05) is 0 Å². The molecule has 5 aromatic rings. The van der Waals surface area contributed by atoms with Crippen LogP contribution in [-0.4, -0.2) is 32.1 Å². The van der Waals surface area contributed by atoms with Gasteiger partial charge >= 0.3 is 7.12 Å². The first-order valence-electron chi connectivity index (χ1n) is 11.0. The molecule has 6 nitrogen and oxygen atoms in total. The molecular formula is C28H19BN4O2. The number of nitriles is 1. The highest BCUT2D eigenvalue weighted by Gasteiger charge is 2.21. The highest BCUT2D eigenvalue weighted by molar-refractivity contribution is 6.59. The molecule has 7 heteroatoms. The van der Waals surface area contributed by atoms with E-state index in [4.69, 9.17) is 4.98 Å². The molecule has 0 atom stereocenters. The Morgan fingerprint density at radius 3 is 1.60 bits per heavy atom. The molecule has 35 heavy (non-hydrogen) atoms. The molecule has 0 aliphatic carbocycles. The first kappa shape index (κ1) is 22.2. The first-order chi connectivity index (χ1) is 17.1. The highest BCUT2D eigenvalue weighted by atomic mass is 16.4. The van der Waals surface area contributed by atoms with Gasteiger partial charge in [-0.3, -0.25) is 0 Å². The third-order valence-electron chi connectivity index (χ3n) is 5.65. The van der Waals surface area contributed by atoms with Gasteiger partial charge in [0.2, 0.25) is 0 Å². The van der Waals surface area contributed by atoms with Crippen LogP contribution in [0.25, 0.3) is 45.3 Å². The summed E-state index contributed by atoms with van der Waals surface area (Å²) in [5.74, 6) is 1.18. The van der Waals surface area contributed by atoms with E-state index in [-0.39, 0.29) is 16.9 Å². The summed E-state index contributed by atoms with van der Waals surface area (Å²) in [5.41, 5.74) is 4.39. The normalized spacial score (nSPS) is 10.5. The van der Waals surface area contributed by atoms with Crippen molar-refractivity contribution in [1.29, 1.82) is 5.26 Å². The van der Waals surface area contributed by atoms with Crippen LogP contribution in [0.4, 0.5) is 0 Å². The Bertz CT molecular complexity index is 1520. The van der Waals surface area contributed by atoms with E-state index in [1.807, 2.05) is 72.8 Å². The Labute approximate surface area is 203 Å². The van der Waals surface area contributed by atoms with Crippen LogP contribution in [0.2, 0.25) is 0 Å². The number of nitrogens with zero attached hydrogens (tertiary/aromatic N) is 4. The summed E-state index contributed by atoms with van der Waals surface area (Å²) in [4.78, 5) is 14.0. The van der Waals surface area contributed by atoms with Crippen molar-refractivity contribution >= 4 is 12.6 Å². The van der Waals surface area contributed by atoms with E-state index in [0.717, 1.165) is 22.3 Å². The van der Waals surface area contributed by atoms with Gasteiger partial charge in [-0.25, -0.2) is 15.0 Å². The molecule has 166 valence electrons. The van der Waals surface area contributed by atoms with Gasteiger partial charge in [0.15, 0.2) is 17.5 Å². The summed E-state index contributed by atoms with van der Waals surface area (Å²) in [6.45, 7) is 0. The van der Waals surface area contributed by atoms with E-state index in [9.17, 15) is 15.3 Å². The van der Waals surface area contributed by atoms with Crippen LogP contribution in [0.15, 0.2) is 103 Å². The fourth-order valence-corrected chi connectivity index (χ4v) is 3.88. The Morgan fingerprint density at radius 2 is 1.03 bits per heavy atom. The average molecular weight is 454 g/mol. The maximum Gasteiger partial charge on any atom is 0.489 e. The zero-order valence-corrected chi connectivity index (χ0v) is 18.6. The Hall–Kier alpha value is -4.64. The largest absolute Gasteiger partial charge is 0.489 e. The maximum absolute atomic E-state index is 9.78. The number of rotatable bonds is 5. The van der Waals surface area contributed by atoms with Crippen molar-refractivity contribution in [3.8, 4) is 51.4 Å². The predicted octanol–water partition coefficient (Wildman–Crippen LogP) is 4.09. The van der Waals surface area contributed by atoms with Gasteiger partial charge in [0.05, 0.1) is 11.6 Å². The fraction of sp³-hybridized carbons (Fsp3) is 0. The van der Waals surface area contributed by atoms with E-state index in [1.165, 1.54) is 6.07 Å². The Morgan fingerprint density at radius 1 is 0.543 bits per heavy atom. The molecule has 0 fully saturated rings. The van der Waals surface area contributed by atoms with Crippen molar-refractivity contribution < 1.29 is 10.0 Å². The average Bonchev–Trinajstić information content (AvgIpc) is 2.93. The quantitative estimate of drug-likeness (QED) is 0.388. The second-order valence-corrected chi connectivity index (χ2v) is 7.87. The van der Waals surface area contributed by atoms with Gasteiger partial charge < -0.3 is 10.0 Å². The van der Waals surface area contributed by atoms with Crippen LogP contribution in [-0.2, 0) is 0 Å². The molecule has 0 unspecified atom stereocenters. The molecule has 0 radical (unpaired) electrons. The van der Waals surface area contributed by atoms with Crippen LogP contribution in [0.3, 0.4) is 0 Å². The molecular weight excluding hydrogens is 435 g/mol. The minimum atomic E-state index is -1.79.